The van der Waals surface area contributed by atoms with Crippen LogP contribution in [0.1, 0.15) is 5.69 Å². The molecule has 0 fully saturated rings. The first-order chi connectivity index (χ1) is 7.24. The molecule has 1 heterocycles. The maximum Gasteiger partial charge on any atom is 0.153 e. The number of aryl methyl sites for hydroxylation is 1. The largest absolute Gasteiger partial charge is 0.394 e. The summed E-state index contributed by atoms with van der Waals surface area (Å²) in [7, 11) is 1.84. The van der Waals surface area contributed by atoms with Gasteiger partial charge in [-0.05, 0) is 19.1 Å². The summed E-state index contributed by atoms with van der Waals surface area (Å²) in [5.41, 5.74) is 8.44. The second-order valence-corrected chi connectivity index (χ2v) is 3.35. The number of aromatic nitrogens is 2. The number of rotatable bonds is 2. The van der Waals surface area contributed by atoms with Crippen LogP contribution in [0, 0.1) is 6.92 Å². The molecule has 78 valence electrons. The smallest absolute Gasteiger partial charge is 0.153 e. The molecule has 0 saturated carbocycles. The number of benzene rings is 1. The van der Waals surface area contributed by atoms with E-state index in [2.05, 4.69) is 10.4 Å². The first kappa shape index (κ1) is 9.58. The Hall–Kier alpha value is -1.97. The minimum atomic E-state index is 0.696. The van der Waals surface area contributed by atoms with Crippen molar-refractivity contribution in [3.63, 3.8) is 0 Å². The molecule has 0 aliphatic rings. The Bertz CT molecular complexity index is 459. The van der Waals surface area contributed by atoms with Crippen LogP contribution in [0.4, 0.5) is 11.5 Å². The molecule has 0 radical (unpaired) electrons. The van der Waals surface area contributed by atoms with Crippen LogP contribution >= 0.6 is 0 Å². The zero-order valence-corrected chi connectivity index (χ0v) is 8.86. The molecule has 15 heavy (non-hydrogen) atoms. The standard InChI is InChI=1S/C11H14N4/c1-8-10(12)11(13-2)15(14-8)9-6-4-3-5-7-9/h3-7,13H,12H2,1-2H3. The number of nitrogens with one attached hydrogen (secondary N) is 1. The van der Waals surface area contributed by atoms with Gasteiger partial charge >= 0.3 is 0 Å². The van der Waals surface area contributed by atoms with Crippen LogP contribution in [0.3, 0.4) is 0 Å². The normalized spacial score (nSPS) is 10.3. The van der Waals surface area contributed by atoms with E-state index in [1.54, 1.807) is 0 Å². The fourth-order valence-electron chi connectivity index (χ4n) is 1.54. The van der Waals surface area contributed by atoms with E-state index < -0.39 is 0 Å². The molecule has 4 heteroatoms. The summed E-state index contributed by atoms with van der Waals surface area (Å²) in [4.78, 5) is 0. The van der Waals surface area contributed by atoms with Crippen molar-refractivity contribution in [2.45, 2.75) is 6.92 Å². The zero-order chi connectivity index (χ0) is 10.8. The van der Waals surface area contributed by atoms with Crippen molar-refractivity contribution in [3.05, 3.63) is 36.0 Å². The van der Waals surface area contributed by atoms with Crippen molar-refractivity contribution in [2.24, 2.45) is 0 Å². The van der Waals surface area contributed by atoms with Gasteiger partial charge in [0.05, 0.1) is 17.1 Å². The van der Waals surface area contributed by atoms with Gasteiger partial charge in [-0.2, -0.15) is 5.10 Å². The summed E-state index contributed by atoms with van der Waals surface area (Å²) >= 11 is 0. The van der Waals surface area contributed by atoms with Gasteiger partial charge in [-0.1, -0.05) is 18.2 Å². The lowest BCUT2D eigenvalue weighted by atomic mass is 10.3. The van der Waals surface area contributed by atoms with Gasteiger partial charge in [-0.15, -0.1) is 0 Å². The van der Waals surface area contributed by atoms with Crippen LogP contribution in [-0.4, -0.2) is 16.8 Å². The summed E-state index contributed by atoms with van der Waals surface area (Å²) in [6.07, 6.45) is 0. The molecular weight excluding hydrogens is 188 g/mol. The van der Waals surface area contributed by atoms with Gasteiger partial charge in [0.25, 0.3) is 0 Å². The van der Waals surface area contributed by atoms with Crippen LogP contribution < -0.4 is 11.1 Å². The van der Waals surface area contributed by atoms with Crippen molar-refractivity contribution in [2.75, 3.05) is 18.1 Å². The van der Waals surface area contributed by atoms with Crippen molar-refractivity contribution in [1.82, 2.24) is 9.78 Å². The average molecular weight is 202 g/mol. The Morgan fingerprint density at radius 1 is 1.27 bits per heavy atom. The second kappa shape index (κ2) is 3.65. The van der Waals surface area contributed by atoms with Gasteiger partial charge in [-0.3, -0.25) is 0 Å². The van der Waals surface area contributed by atoms with Crippen LogP contribution in [0.5, 0.6) is 0 Å². The fourth-order valence-corrected chi connectivity index (χ4v) is 1.54. The van der Waals surface area contributed by atoms with Gasteiger partial charge in [0.1, 0.15) is 0 Å². The first-order valence-corrected chi connectivity index (χ1v) is 4.82. The predicted octanol–water partition coefficient (Wildman–Crippen LogP) is 1.80. The monoisotopic (exact) mass is 202 g/mol. The molecule has 2 aromatic rings. The molecule has 0 unspecified atom stereocenters. The molecule has 0 saturated heterocycles. The Kier molecular flexibility index (Phi) is 2.33. The highest BCUT2D eigenvalue weighted by Crippen LogP contribution is 2.24. The van der Waals surface area contributed by atoms with Crippen molar-refractivity contribution >= 4 is 11.5 Å². The van der Waals surface area contributed by atoms with Gasteiger partial charge in [-0.25, -0.2) is 4.68 Å². The lowest BCUT2D eigenvalue weighted by Gasteiger charge is -2.06. The van der Waals surface area contributed by atoms with Gasteiger partial charge in [0, 0.05) is 7.05 Å². The van der Waals surface area contributed by atoms with Crippen molar-refractivity contribution in [1.29, 1.82) is 0 Å². The Labute approximate surface area is 88.7 Å². The number of nitrogens with two attached hydrogens (primary N) is 1. The third-order valence-corrected chi connectivity index (χ3v) is 2.34. The molecule has 0 amide bonds. The Morgan fingerprint density at radius 2 is 1.93 bits per heavy atom. The lowest BCUT2D eigenvalue weighted by Crippen LogP contribution is -2.03. The number of anilines is 2. The first-order valence-electron chi connectivity index (χ1n) is 4.82. The van der Waals surface area contributed by atoms with E-state index in [9.17, 15) is 0 Å². The second-order valence-electron chi connectivity index (χ2n) is 3.35. The van der Waals surface area contributed by atoms with E-state index in [0.717, 1.165) is 17.2 Å². The molecule has 0 aliphatic heterocycles. The van der Waals surface area contributed by atoms with E-state index in [1.165, 1.54) is 0 Å². The molecule has 2 rings (SSSR count). The van der Waals surface area contributed by atoms with Crippen LogP contribution in [0.15, 0.2) is 30.3 Å². The minimum absolute atomic E-state index is 0.696. The van der Waals surface area contributed by atoms with E-state index >= 15 is 0 Å². The predicted molar refractivity (Wildman–Crippen MR) is 62.3 cm³/mol. The molecule has 0 atom stereocenters. The summed E-state index contributed by atoms with van der Waals surface area (Å²) in [6.45, 7) is 1.90. The number of para-hydroxylation sites is 1. The summed E-state index contributed by atoms with van der Waals surface area (Å²) < 4.78 is 1.81. The SMILES string of the molecule is CNc1c(N)c(C)nn1-c1ccccc1. The summed E-state index contributed by atoms with van der Waals surface area (Å²) in [6, 6.07) is 9.91. The number of hydrogen-bond acceptors (Lipinski definition) is 3. The quantitative estimate of drug-likeness (QED) is 0.780. The molecule has 4 nitrogen and oxygen atoms in total. The number of hydrogen-bond donors (Lipinski definition) is 2. The molecular formula is C11H14N4. The van der Waals surface area contributed by atoms with Gasteiger partial charge in [0.15, 0.2) is 5.82 Å². The topological polar surface area (TPSA) is 55.9 Å². The van der Waals surface area contributed by atoms with Crippen molar-refractivity contribution in [3.8, 4) is 5.69 Å². The number of nitrogen functional groups attached to an aromatic ring is 1. The summed E-state index contributed by atoms with van der Waals surface area (Å²) in [5.74, 6) is 0.832. The van der Waals surface area contributed by atoms with E-state index in [4.69, 9.17) is 5.73 Å². The maximum atomic E-state index is 5.91. The van der Waals surface area contributed by atoms with E-state index in [-0.39, 0.29) is 0 Å². The Morgan fingerprint density at radius 3 is 2.53 bits per heavy atom. The molecule has 1 aromatic heterocycles. The fraction of sp³-hybridized carbons (Fsp3) is 0.182. The van der Waals surface area contributed by atoms with E-state index in [0.29, 0.717) is 5.69 Å². The molecule has 0 spiro atoms. The third-order valence-electron chi connectivity index (χ3n) is 2.34. The van der Waals surface area contributed by atoms with Crippen LogP contribution in [-0.2, 0) is 0 Å². The Balaban J connectivity index is 2.58. The highest BCUT2D eigenvalue weighted by Gasteiger charge is 2.11. The van der Waals surface area contributed by atoms with Crippen molar-refractivity contribution < 1.29 is 0 Å². The average Bonchev–Trinajstić information content (AvgIpc) is 2.56. The van der Waals surface area contributed by atoms with E-state index in [1.807, 2.05) is 49.0 Å². The van der Waals surface area contributed by atoms with Crippen LogP contribution in [0.25, 0.3) is 5.69 Å². The molecule has 1 aromatic carbocycles. The minimum Gasteiger partial charge on any atom is -0.394 e. The van der Waals surface area contributed by atoms with Gasteiger partial charge in [0.2, 0.25) is 0 Å². The summed E-state index contributed by atoms with van der Waals surface area (Å²) in [5, 5.41) is 7.44. The van der Waals surface area contributed by atoms with Crippen LogP contribution in [0.2, 0.25) is 0 Å². The highest BCUT2D eigenvalue weighted by molar-refractivity contribution is 5.67. The number of nitrogens with zero attached hydrogens (tertiary/aromatic N) is 2. The lowest BCUT2D eigenvalue weighted by molar-refractivity contribution is 0.867. The highest BCUT2D eigenvalue weighted by atomic mass is 15.3. The maximum absolute atomic E-state index is 5.91. The van der Waals surface area contributed by atoms with Gasteiger partial charge < -0.3 is 11.1 Å². The molecule has 0 aliphatic carbocycles. The zero-order valence-electron chi connectivity index (χ0n) is 8.86. The third kappa shape index (κ3) is 1.54. The molecule has 0 bridgehead atoms. The molecule has 3 N–H and O–H groups in total.